The molecule has 1 atom stereocenters. The van der Waals surface area contributed by atoms with Gasteiger partial charge in [0, 0.05) is 18.9 Å². The van der Waals surface area contributed by atoms with Gasteiger partial charge in [0.1, 0.15) is 12.6 Å². The van der Waals surface area contributed by atoms with Crippen molar-refractivity contribution >= 4 is 18.0 Å². The van der Waals surface area contributed by atoms with Crippen LogP contribution in [0.1, 0.15) is 24.8 Å². The smallest absolute Gasteiger partial charge is 0.329 e. The Balaban J connectivity index is 1.57. The lowest BCUT2D eigenvalue weighted by Crippen LogP contribution is -2.46. The molecule has 1 saturated heterocycles. The topological polar surface area (TPSA) is 55.3 Å². The van der Waals surface area contributed by atoms with Crippen LogP contribution in [0.3, 0.4) is 0 Å². The third-order valence-corrected chi connectivity index (χ3v) is 4.02. The van der Waals surface area contributed by atoms with Crippen molar-refractivity contribution in [3.63, 3.8) is 0 Å². The highest BCUT2D eigenvalue weighted by molar-refractivity contribution is 5.79. The number of piperidine rings is 1. The number of carbonyl (C=O) groups excluding carboxylic acids is 1. The second-order valence-electron chi connectivity index (χ2n) is 5.70. The number of carbonyl (C=O) groups is 1. The fourth-order valence-electron chi connectivity index (χ4n) is 2.83. The third-order valence-electron chi connectivity index (χ3n) is 4.02. The fraction of sp³-hybridized carbons (Fsp3) is 0.316. The van der Waals surface area contributed by atoms with Crippen LogP contribution in [-0.4, -0.2) is 35.1 Å². The average molecular weight is 323 g/mol. The molecular formula is C19H21N3O2. The van der Waals surface area contributed by atoms with Crippen LogP contribution >= 0.6 is 0 Å². The van der Waals surface area contributed by atoms with Gasteiger partial charge < -0.3 is 9.64 Å². The van der Waals surface area contributed by atoms with Crippen molar-refractivity contribution < 1.29 is 9.53 Å². The molecule has 0 unspecified atom stereocenters. The summed E-state index contributed by atoms with van der Waals surface area (Å²) in [6.07, 6.45) is 10.0. The van der Waals surface area contributed by atoms with Crippen LogP contribution in [0.5, 0.6) is 0 Å². The summed E-state index contributed by atoms with van der Waals surface area (Å²) in [4.78, 5) is 22.9. The molecule has 0 N–H and O–H groups in total. The van der Waals surface area contributed by atoms with Crippen LogP contribution in [0.4, 0.5) is 5.95 Å². The lowest BCUT2D eigenvalue weighted by Gasteiger charge is -2.33. The molecule has 1 aromatic heterocycles. The predicted octanol–water partition coefficient (Wildman–Crippen LogP) is 3.09. The minimum absolute atomic E-state index is 0.208. The van der Waals surface area contributed by atoms with Crippen molar-refractivity contribution in [3.05, 3.63) is 60.4 Å². The van der Waals surface area contributed by atoms with Gasteiger partial charge >= 0.3 is 5.97 Å². The van der Waals surface area contributed by atoms with E-state index < -0.39 is 0 Å². The van der Waals surface area contributed by atoms with Crippen LogP contribution in [-0.2, 0) is 9.53 Å². The van der Waals surface area contributed by atoms with Crippen LogP contribution in [0.15, 0.2) is 54.9 Å². The monoisotopic (exact) mass is 323 g/mol. The summed E-state index contributed by atoms with van der Waals surface area (Å²) in [5.41, 5.74) is 1.09. The molecule has 24 heavy (non-hydrogen) atoms. The Hall–Kier alpha value is -2.69. The number of ether oxygens (including phenoxy) is 1. The zero-order chi connectivity index (χ0) is 16.6. The molecule has 5 nitrogen and oxygen atoms in total. The van der Waals surface area contributed by atoms with E-state index in [0.29, 0.717) is 5.95 Å². The molecule has 0 saturated carbocycles. The maximum atomic E-state index is 12.4. The molecule has 5 heteroatoms. The maximum Gasteiger partial charge on any atom is 0.329 e. The first-order valence-electron chi connectivity index (χ1n) is 8.26. The summed E-state index contributed by atoms with van der Waals surface area (Å²) in [7, 11) is 0. The lowest BCUT2D eigenvalue weighted by molar-refractivity contribution is -0.144. The number of hydrogen-bond donors (Lipinski definition) is 0. The Kier molecular flexibility index (Phi) is 5.56. The first kappa shape index (κ1) is 16.2. The van der Waals surface area contributed by atoms with Crippen molar-refractivity contribution in [2.24, 2.45) is 0 Å². The highest BCUT2D eigenvalue weighted by atomic mass is 16.5. The van der Waals surface area contributed by atoms with Crippen molar-refractivity contribution in [2.75, 3.05) is 18.1 Å². The van der Waals surface area contributed by atoms with E-state index in [9.17, 15) is 4.79 Å². The minimum atomic E-state index is -0.300. The highest BCUT2D eigenvalue weighted by Crippen LogP contribution is 2.22. The molecule has 2 aromatic rings. The summed E-state index contributed by atoms with van der Waals surface area (Å²) in [6, 6.07) is 11.4. The fourth-order valence-corrected chi connectivity index (χ4v) is 2.83. The van der Waals surface area contributed by atoms with Gasteiger partial charge in [-0.2, -0.15) is 0 Å². The van der Waals surface area contributed by atoms with E-state index in [4.69, 9.17) is 4.74 Å². The summed E-state index contributed by atoms with van der Waals surface area (Å²) in [5, 5.41) is 0. The Bertz CT molecular complexity index is 674. The van der Waals surface area contributed by atoms with E-state index in [2.05, 4.69) is 9.97 Å². The first-order chi connectivity index (χ1) is 11.8. The highest BCUT2D eigenvalue weighted by Gasteiger charge is 2.31. The van der Waals surface area contributed by atoms with Gasteiger partial charge in [-0.1, -0.05) is 36.4 Å². The van der Waals surface area contributed by atoms with Crippen LogP contribution in [0.2, 0.25) is 0 Å². The van der Waals surface area contributed by atoms with Crippen molar-refractivity contribution in [1.82, 2.24) is 9.97 Å². The predicted molar refractivity (Wildman–Crippen MR) is 93.5 cm³/mol. The zero-order valence-electron chi connectivity index (χ0n) is 13.5. The Labute approximate surface area is 142 Å². The molecule has 1 fully saturated rings. The molecular weight excluding hydrogens is 302 g/mol. The Morgan fingerprint density at radius 1 is 1.17 bits per heavy atom. The van der Waals surface area contributed by atoms with Gasteiger partial charge in [-0.3, -0.25) is 0 Å². The number of anilines is 1. The van der Waals surface area contributed by atoms with Gasteiger partial charge in [0.05, 0.1) is 0 Å². The molecule has 1 aliphatic heterocycles. The van der Waals surface area contributed by atoms with Gasteiger partial charge in [-0.25, -0.2) is 14.8 Å². The molecule has 1 aliphatic rings. The molecule has 0 aliphatic carbocycles. The molecule has 3 rings (SSSR count). The molecule has 0 radical (unpaired) electrons. The largest absolute Gasteiger partial charge is 0.460 e. The first-order valence-corrected chi connectivity index (χ1v) is 8.26. The van der Waals surface area contributed by atoms with E-state index in [1.165, 1.54) is 0 Å². The van der Waals surface area contributed by atoms with Crippen molar-refractivity contribution in [1.29, 1.82) is 0 Å². The zero-order valence-corrected chi connectivity index (χ0v) is 13.5. The van der Waals surface area contributed by atoms with E-state index in [1.54, 1.807) is 18.5 Å². The van der Waals surface area contributed by atoms with Crippen LogP contribution in [0.25, 0.3) is 6.08 Å². The quantitative estimate of drug-likeness (QED) is 0.792. The van der Waals surface area contributed by atoms with Gasteiger partial charge in [0.15, 0.2) is 0 Å². The molecule has 0 amide bonds. The summed E-state index contributed by atoms with van der Waals surface area (Å²) < 4.78 is 5.43. The number of nitrogens with zero attached hydrogens (tertiary/aromatic N) is 3. The molecule has 124 valence electrons. The maximum absolute atomic E-state index is 12.4. The summed E-state index contributed by atoms with van der Waals surface area (Å²) in [5.74, 6) is 0.388. The normalized spacial score (nSPS) is 17.8. The van der Waals surface area contributed by atoms with E-state index in [0.717, 1.165) is 31.4 Å². The van der Waals surface area contributed by atoms with Gasteiger partial charge in [-0.05, 0) is 37.0 Å². The van der Waals surface area contributed by atoms with Crippen LogP contribution < -0.4 is 4.90 Å². The van der Waals surface area contributed by atoms with Gasteiger partial charge in [0.2, 0.25) is 5.95 Å². The number of aromatic nitrogens is 2. The minimum Gasteiger partial charge on any atom is -0.460 e. The Morgan fingerprint density at radius 3 is 2.75 bits per heavy atom. The summed E-state index contributed by atoms with van der Waals surface area (Å²) >= 11 is 0. The average Bonchev–Trinajstić information content (AvgIpc) is 2.66. The van der Waals surface area contributed by atoms with E-state index in [1.807, 2.05) is 47.4 Å². The lowest BCUT2D eigenvalue weighted by atomic mass is 10.0. The number of esters is 1. The second kappa shape index (κ2) is 8.24. The number of rotatable bonds is 5. The molecule has 0 bridgehead atoms. The van der Waals surface area contributed by atoms with Crippen LogP contribution in [0, 0.1) is 0 Å². The van der Waals surface area contributed by atoms with Crippen molar-refractivity contribution in [2.45, 2.75) is 25.3 Å². The summed E-state index contributed by atoms with van der Waals surface area (Å²) in [6.45, 7) is 1.05. The SMILES string of the molecule is O=C(OC/C=C\c1ccccc1)[C@@H]1CCCCN1c1ncccn1. The standard InChI is InChI=1S/C19H21N3O2/c23-18(24-15-6-10-16-8-2-1-3-9-16)17-11-4-5-14-22(17)19-20-12-7-13-21-19/h1-3,6-10,12-13,17H,4-5,11,14-15H2/b10-6-/t17-/m0/s1. The van der Waals surface area contributed by atoms with Crippen molar-refractivity contribution in [3.8, 4) is 0 Å². The van der Waals surface area contributed by atoms with E-state index >= 15 is 0 Å². The molecule has 2 heterocycles. The second-order valence-corrected chi connectivity index (χ2v) is 5.70. The Morgan fingerprint density at radius 2 is 1.96 bits per heavy atom. The third kappa shape index (κ3) is 4.19. The van der Waals surface area contributed by atoms with Gasteiger partial charge in [-0.15, -0.1) is 0 Å². The van der Waals surface area contributed by atoms with E-state index in [-0.39, 0.29) is 18.6 Å². The molecule has 0 spiro atoms. The number of benzene rings is 1. The van der Waals surface area contributed by atoms with Gasteiger partial charge in [0.25, 0.3) is 0 Å². The number of hydrogen-bond acceptors (Lipinski definition) is 5. The molecule has 1 aromatic carbocycles.